The van der Waals surface area contributed by atoms with Gasteiger partial charge in [-0.3, -0.25) is 4.79 Å². The lowest BCUT2D eigenvalue weighted by molar-refractivity contribution is -0.128. The van der Waals surface area contributed by atoms with Gasteiger partial charge in [-0.05, 0) is 80.8 Å². The van der Waals surface area contributed by atoms with E-state index in [1.165, 1.54) is 42.2 Å². The number of carbonyl (C=O) groups excluding carboxylic acids is 1. The molecule has 9 nitrogen and oxygen atoms in total. The number of nitriles is 1. The fourth-order valence-electron chi connectivity index (χ4n) is 7.59. The maximum Gasteiger partial charge on any atom is 0.318 e. The summed E-state index contributed by atoms with van der Waals surface area (Å²) < 4.78 is 6.30. The third kappa shape index (κ3) is 4.82. The van der Waals surface area contributed by atoms with Gasteiger partial charge in [-0.1, -0.05) is 18.7 Å². The molecule has 2 saturated heterocycles. The van der Waals surface area contributed by atoms with E-state index in [1.807, 2.05) is 0 Å². The molecule has 1 aromatic carbocycles. The lowest BCUT2D eigenvalue weighted by Gasteiger charge is -2.42. The maximum absolute atomic E-state index is 12.5. The highest BCUT2D eigenvalue weighted by atomic mass is 16.5. The second kappa shape index (κ2) is 10.6. The van der Waals surface area contributed by atoms with Crippen LogP contribution in [0.15, 0.2) is 30.9 Å². The average molecular weight is 554 g/mol. The zero-order valence-electron chi connectivity index (χ0n) is 24.0. The van der Waals surface area contributed by atoms with Crippen LogP contribution in [0.2, 0.25) is 0 Å². The molecule has 2 aliphatic carbocycles. The Hall–Kier alpha value is -3.64. The quantitative estimate of drug-likeness (QED) is 0.483. The van der Waals surface area contributed by atoms with Crippen molar-refractivity contribution in [2.45, 2.75) is 63.1 Å². The van der Waals surface area contributed by atoms with E-state index in [0.717, 1.165) is 55.8 Å². The molecule has 9 heteroatoms. The Bertz CT molecular complexity index is 1400. The van der Waals surface area contributed by atoms with Gasteiger partial charge < -0.3 is 24.3 Å². The normalized spacial score (nSPS) is 26.7. The van der Waals surface area contributed by atoms with Crippen LogP contribution in [0.5, 0.6) is 6.01 Å². The van der Waals surface area contributed by atoms with Gasteiger partial charge in [-0.15, -0.1) is 0 Å². The monoisotopic (exact) mass is 553 g/mol. The van der Waals surface area contributed by atoms with Gasteiger partial charge in [-0.25, -0.2) is 0 Å². The second-order valence-corrected chi connectivity index (χ2v) is 12.4. The summed E-state index contributed by atoms with van der Waals surface area (Å²) >= 11 is 0. The van der Waals surface area contributed by atoms with Gasteiger partial charge in [0.1, 0.15) is 12.4 Å². The van der Waals surface area contributed by atoms with Gasteiger partial charge in [0.25, 0.3) is 0 Å². The van der Waals surface area contributed by atoms with E-state index < -0.39 is 0 Å². The minimum atomic E-state index is -0.209. The number of likely N-dealkylation sites (tertiary alicyclic amines) is 1. The standard InChI is InChI=1S/C32H39N7O2/c1-3-30(40)39-15-14-38(18-22(39)9-11-33)31-25-10-13-37(29-8-4-7-24-26-16-21(26)17-27(24)29)19-28(25)34-32(35-31)41-20-23-6-5-12-36(23)2/h3-4,7-8,21-23,26H,1,5-6,9-10,12-20H2,2H3/t21?,22-,23-,26?/m0/s1. The zero-order valence-corrected chi connectivity index (χ0v) is 24.0. The maximum atomic E-state index is 12.5. The molecule has 0 radical (unpaired) electrons. The molecule has 3 fully saturated rings. The minimum Gasteiger partial charge on any atom is -0.462 e. The highest BCUT2D eigenvalue weighted by Crippen LogP contribution is 2.58. The summed E-state index contributed by atoms with van der Waals surface area (Å²) in [4.78, 5) is 31.4. The third-order valence-electron chi connectivity index (χ3n) is 9.98. The summed E-state index contributed by atoms with van der Waals surface area (Å²) in [7, 11) is 2.15. The van der Waals surface area contributed by atoms with Gasteiger partial charge >= 0.3 is 6.01 Å². The summed E-state index contributed by atoms with van der Waals surface area (Å²) in [6.07, 6.45) is 7.33. The first-order valence-electron chi connectivity index (χ1n) is 15.2. The Morgan fingerprint density at radius 3 is 2.88 bits per heavy atom. The number of rotatable bonds is 7. The van der Waals surface area contributed by atoms with Gasteiger partial charge in [0.05, 0.1) is 30.8 Å². The number of benzene rings is 1. The Kier molecular flexibility index (Phi) is 6.82. The zero-order chi connectivity index (χ0) is 28.1. The Labute approximate surface area is 242 Å². The van der Waals surface area contributed by atoms with E-state index >= 15 is 0 Å². The number of hydrogen-bond donors (Lipinski definition) is 0. The van der Waals surface area contributed by atoms with Crippen molar-refractivity contribution in [1.29, 1.82) is 5.26 Å². The summed E-state index contributed by atoms with van der Waals surface area (Å²) in [6, 6.07) is 9.71. The number of ether oxygens (including phenoxy) is 1. The van der Waals surface area contributed by atoms with Gasteiger partial charge in [0, 0.05) is 43.5 Å². The first kappa shape index (κ1) is 26.3. The van der Waals surface area contributed by atoms with Crippen molar-refractivity contribution in [2.24, 2.45) is 5.92 Å². The van der Waals surface area contributed by atoms with Crippen molar-refractivity contribution in [3.63, 3.8) is 0 Å². The van der Waals surface area contributed by atoms with Crippen LogP contribution in [0.25, 0.3) is 0 Å². The van der Waals surface area contributed by atoms with E-state index in [4.69, 9.17) is 14.7 Å². The molecule has 1 aromatic heterocycles. The predicted octanol–water partition coefficient (Wildman–Crippen LogP) is 3.29. The minimum absolute atomic E-state index is 0.122. The van der Waals surface area contributed by atoms with Crippen molar-refractivity contribution in [3.8, 4) is 12.1 Å². The molecule has 5 aliphatic rings. The van der Waals surface area contributed by atoms with E-state index in [0.29, 0.717) is 38.3 Å². The lowest BCUT2D eigenvalue weighted by atomic mass is 9.99. The van der Waals surface area contributed by atoms with Crippen molar-refractivity contribution >= 4 is 17.4 Å². The molecule has 7 rings (SSSR count). The van der Waals surface area contributed by atoms with E-state index in [-0.39, 0.29) is 18.4 Å². The number of fused-ring (bicyclic) bond motifs is 4. The van der Waals surface area contributed by atoms with Crippen LogP contribution >= 0.6 is 0 Å². The molecule has 1 amide bonds. The van der Waals surface area contributed by atoms with Crippen LogP contribution in [0, 0.1) is 17.2 Å². The van der Waals surface area contributed by atoms with Gasteiger partial charge in [0.2, 0.25) is 5.91 Å². The molecule has 41 heavy (non-hydrogen) atoms. The number of amides is 1. The molecule has 2 unspecified atom stereocenters. The summed E-state index contributed by atoms with van der Waals surface area (Å²) in [5.74, 6) is 2.40. The molecule has 2 aromatic rings. The topological polar surface area (TPSA) is 88.8 Å². The Balaban J connectivity index is 1.19. The number of anilines is 2. The first-order chi connectivity index (χ1) is 20.0. The molecule has 3 aliphatic heterocycles. The van der Waals surface area contributed by atoms with Crippen LogP contribution in [0.1, 0.15) is 54.0 Å². The first-order valence-corrected chi connectivity index (χ1v) is 15.2. The number of hydrogen-bond acceptors (Lipinski definition) is 8. The fourth-order valence-corrected chi connectivity index (χ4v) is 7.59. The van der Waals surface area contributed by atoms with E-state index in [1.54, 1.807) is 10.5 Å². The highest BCUT2D eigenvalue weighted by molar-refractivity contribution is 5.87. The van der Waals surface area contributed by atoms with Crippen LogP contribution in [-0.2, 0) is 24.2 Å². The predicted molar refractivity (Wildman–Crippen MR) is 157 cm³/mol. The van der Waals surface area contributed by atoms with Crippen LogP contribution in [0.4, 0.5) is 11.5 Å². The number of likely N-dealkylation sites (N-methyl/N-ethyl adjacent to an activating group) is 1. The van der Waals surface area contributed by atoms with Crippen molar-refractivity contribution in [3.05, 3.63) is 53.2 Å². The molecule has 0 N–H and O–H groups in total. The largest absolute Gasteiger partial charge is 0.462 e. The number of piperazine rings is 1. The van der Waals surface area contributed by atoms with Crippen LogP contribution < -0.4 is 14.5 Å². The smallest absolute Gasteiger partial charge is 0.318 e. The lowest BCUT2D eigenvalue weighted by Crippen LogP contribution is -2.55. The molecular formula is C32H39N7O2. The number of aromatic nitrogens is 2. The molecular weight excluding hydrogens is 514 g/mol. The van der Waals surface area contributed by atoms with Gasteiger partial charge in [-0.2, -0.15) is 15.2 Å². The summed E-state index contributed by atoms with van der Waals surface area (Å²) in [5, 5.41) is 9.51. The van der Waals surface area contributed by atoms with Crippen LogP contribution in [0.3, 0.4) is 0 Å². The molecule has 4 heterocycles. The molecule has 1 saturated carbocycles. The van der Waals surface area contributed by atoms with Crippen LogP contribution in [-0.4, -0.2) is 84.1 Å². The third-order valence-corrected chi connectivity index (χ3v) is 9.98. The van der Waals surface area contributed by atoms with Crippen molar-refractivity contribution in [1.82, 2.24) is 19.8 Å². The Morgan fingerprint density at radius 1 is 1.17 bits per heavy atom. The fraction of sp³-hybridized carbons (Fsp3) is 0.562. The van der Waals surface area contributed by atoms with Crippen molar-refractivity contribution in [2.75, 3.05) is 56.2 Å². The Morgan fingerprint density at radius 2 is 2.07 bits per heavy atom. The summed E-state index contributed by atoms with van der Waals surface area (Å²) in [6.45, 7) is 8.71. The molecule has 214 valence electrons. The number of carbonyl (C=O) groups is 1. The molecule has 0 spiro atoms. The summed E-state index contributed by atoms with van der Waals surface area (Å²) in [5.41, 5.74) is 6.65. The van der Waals surface area contributed by atoms with E-state index in [2.05, 4.69) is 52.6 Å². The number of nitrogens with zero attached hydrogens (tertiary/aromatic N) is 7. The highest BCUT2D eigenvalue weighted by Gasteiger charge is 2.46. The molecule has 4 atom stereocenters. The van der Waals surface area contributed by atoms with Gasteiger partial charge in [0.15, 0.2) is 0 Å². The van der Waals surface area contributed by atoms with Crippen molar-refractivity contribution < 1.29 is 9.53 Å². The average Bonchev–Trinajstić information content (AvgIpc) is 3.49. The SMILES string of the molecule is C=CC(=O)N1CCN(c2nc(OC[C@@H]3CCCN3C)nc3c2CCN(c2cccc4c2CC2CC42)C3)C[C@@H]1CC#N. The molecule has 0 bridgehead atoms. The van der Waals surface area contributed by atoms with E-state index in [9.17, 15) is 10.1 Å². The second-order valence-electron chi connectivity index (χ2n) is 12.4.